The van der Waals surface area contributed by atoms with Gasteiger partial charge in [-0.1, -0.05) is 6.92 Å². The third-order valence-corrected chi connectivity index (χ3v) is 2.55. The molecule has 4 N–H and O–H groups in total. The van der Waals surface area contributed by atoms with Gasteiger partial charge in [-0.3, -0.25) is 9.59 Å². The smallest absolute Gasteiger partial charge is 0.251 e. The standard InChI is InChI=1S/C13H18FN3O2/c1-8(6-15)7-16-13(19)10-3-4-11(14)12(5-10)17-9(2)18/h3-5,8H,6-7,15H2,1-2H3,(H,16,19)(H,17,18). The second-order valence-electron chi connectivity index (χ2n) is 4.43. The number of carbonyl (C=O) groups is 2. The van der Waals surface area contributed by atoms with Crippen LogP contribution < -0.4 is 16.4 Å². The first-order valence-electron chi connectivity index (χ1n) is 5.99. The number of amides is 2. The first kappa shape index (κ1) is 15.1. The van der Waals surface area contributed by atoms with Crippen molar-refractivity contribution in [1.82, 2.24) is 5.32 Å². The van der Waals surface area contributed by atoms with Crippen molar-refractivity contribution in [1.29, 1.82) is 0 Å². The summed E-state index contributed by atoms with van der Waals surface area (Å²) in [4.78, 5) is 22.7. The fraction of sp³-hybridized carbons (Fsp3) is 0.385. The van der Waals surface area contributed by atoms with E-state index in [0.717, 1.165) is 6.07 Å². The van der Waals surface area contributed by atoms with Crippen molar-refractivity contribution in [2.45, 2.75) is 13.8 Å². The second kappa shape index (κ2) is 6.84. The average Bonchev–Trinajstić information content (AvgIpc) is 2.37. The maximum absolute atomic E-state index is 13.4. The Hall–Kier alpha value is -1.95. The molecule has 0 bridgehead atoms. The van der Waals surface area contributed by atoms with Gasteiger partial charge in [0.2, 0.25) is 5.91 Å². The highest BCUT2D eigenvalue weighted by Crippen LogP contribution is 2.16. The number of hydrogen-bond acceptors (Lipinski definition) is 3. The van der Waals surface area contributed by atoms with Gasteiger partial charge in [0.05, 0.1) is 5.69 Å². The summed E-state index contributed by atoms with van der Waals surface area (Å²) in [6.07, 6.45) is 0. The quantitative estimate of drug-likeness (QED) is 0.747. The molecule has 6 heteroatoms. The van der Waals surface area contributed by atoms with Gasteiger partial charge >= 0.3 is 0 Å². The summed E-state index contributed by atoms with van der Waals surface area (Å²) in [5.74, 6) is -1.14. The van der Waals surface area contributed by atoms with E-state index in [0.29, 0.717) is 13.1 Å². The molecule has 0 fully saturated rings. The lowest BCUT2D eigenvalue weighted by molar-refractivity contribution is -0.114. The highest BCUT2D eigenvalue weighted by molar-refractivity contribution is 5.96. The topological polar surface area (TPSA) is 84.2 Å². The molecule has 1 aromatic carbocycles. The van der Waals surface area contributed by atoms with Crippen LogP contribution in [0.15, 0.2) is 18.2 Å². The number of hydrogen-bond donors (Lipinski definition) is 3. The predicted molar refractivity (Wildman–Crippen MR) is 71.3 cm³/mol. The molecule has 19 heavy (non-hydrogen) atoms. The van der Waals surface area contributed by atoms with Crippen molar-refractivity contribution in [3.05, 3.63) is 29.6 Å². The summed E-state index contributed by atoms with van der Waals surface area (Å²) < 4.78 is 13.4. The fourth-order valence-electron chi connectivity index (χ4n) is 1.40. The van der Waals surface area contributed by atoms with Gasteiger partial charge in [0, 0.05) is 19.0 Å². The van der Waals surface area contributed by atoms with Gasteiger partial charge in [0.15, 0.2) is 0 Å². The van der Waals surface area contributed by atoms with Crippen LogP contribution in [0.2, 0.25) is 0 Å². The molecule has 0 aliphatic heterocycles. The molecule has 0 aliphatic carbocycles. The van der Waals surface area contributed by atoms with Gasteiger partial charge in [-0.05, 0) is 30.7 Å². The molecule has 1 rings (SSSR count). The summed E-state index contributed by atoms with van der Waals surface area (Å²) in [7, 11) is 0. The first-order valence-corrected chi connectivity index (χ1v) is 5.99. The number of carbonyl (C=O) groups excluding carboxylic acids is 2. The van der Waals surface area contributed by atoms with Crippen molar-refractivity contribution < 1.29 is 14.0 Å². The molecule has 0 saturated carbocycles. The van der Waals surface area contributed by atoms with E-state index in [4.69, 9.17) is 5.73 Å². The maximum Gasteiger partial charge on any atom is 0.251 e. The molecule has 1 atom stereocenters. The summed E-state index contributed by atoms with van der Waals surface area (Å²) >= 11 is 0. The minimum absolute atomic E-state index is 0.00739. The van der Waals surface area contributed by atoms with E-state index in [-0.39, 0.29) is 23.1 Å². The van der Waals surface area contributed by atoms with Crippen LogP contribution in [0.3, 0.4) is 0 Å². The zero-order valence-corrected chi connectivity index (χ0v) is 11.0. The lowest BCUT2D eigenvalue weighted by Crippen LogP contribution is -2.31. The average molecular weight is 267 g/mol. The Balaban J connectivity index is 2.77. The molecule has 5 nitrogen and oxygen atoms in total. The van der Waals surface area contributed by atoms with Crippen molar-refractivity contribution in [2.24, 2.45) is 11.7 Å². The lowest BCUT2D eigenvalue weighted by atomic mass is 10.1. The van der Waals surface area contributed by atoms with Gasteiger partial charge in [0.25, 0.3) is 5.91 Å². The third-order valence-electron chi connectivity index (χ3n) is 2.55. The summed E-state index contributed by atoms with van der Waals surface area (Å²) in [5.41, 5.74) is 5.73. The Bertz CT molecular complexity index is 477. The molecule has 0 saturated heterocycles. The van der Waals surface area contributed by atoms with Crippen molar-refractivity contribution >= 4 is 17.5 Å². The Morgan fingerprint density at radius 3 is 2.68 bits per heavy atom. The SMILES string of the molecule is CC(=O)Nc1cc(C(=O)NCC(C)CN)ccc1F. The van der Waals surface area contributed by atoms with Crippen LogP contribution >= 0.6 is 0 Å². The van der Waals surface area contributed by atoms with Crippen LogP contribution in [0.25, 0.3) is 0 Å². The zero-order chi connectivity index (χ0) is 14.4. The van der Waals surface area contributed by atoms with Crippen LogP contribution in [0.4, 0.5) is 10.1 Å². The van der Waals surface area contributed by atoms with E-state index in [2.05, 4.69) is 10.6 Å². The maximum atomic E-state index is 13.4. The number of anilines is 1. The van der Waals surface area contributed by atoms with Crippen molar-refractivity contribution in [2.75, 3.05) is 18.4 Å². The molecule has 0 aromatic heterocycles. The van der Waals surface area contributed by atoms with Crippen LogP contribution in [-0.4, -0.2) is 24.9 Å². The molecule has 0 radical (unpaired) electrons. The molecule has 104 valence electrons. The van der Waals surface area contributed by atoms with Crippen LogP contribution in [0.5, 0.6) is 0 Å². The number of halogens is 1. The van der Waals surface area contributed by atoms with Crippen LogP contribution in [-0.2, 0) is 4.79 Å². The van der Waals surface area contributed by atoms with Crippen molar-refractivity contribution in [3.8, 4) is 0 Å². The zero-order valence-electron chi connectivity index (χ0n) is 11.0. The minimum Gasteiger partial charge on any atom is -0.352 e. The Kier molecular flexibility index (Phi) is 5.44. The Morgan fingerprint density at radius 1 is 1.42 bits per heavy atom. The molecular formula is C13H18FN3O2. The van der Waals surface area contributed by atoms with Gasteiger partial charge in [-0.15, -0.1) is 0 Å². The normalized spacial score (nSPS) is 11.8. The van der Waals surface area contributed by atoms with E-state index in [1.165, 1.54) is 19.1 Å². The monoisotopic (exact) mass is 267 g/mol. The number of rotatable bonds is 5. The lowest BCUT2D eigenvalue weighted by Gasteiger charge is -2.11. The molecule has 2 amide bonds. The highest BCUT2D eigenvalue weighted by Gasteiger charge is 2.11. The highest BCUT2D eigenvalue weighted by atomic mass is 19.1. The van der Waals surface area contributed by atoms with Gasteiger partial charge in [0.1, 0.15) is 5.82 Å². The molecule has 0 heterocycles. The second-order valence-corrected chi connectivity index (χ2v) is 4.43. The first-order chi connectivity index (χ1) is 8.93. The van der Waals surface area contributed by atoms with Crippen molar-refractivity contribution in [3.63, 3.8) is 0 Å². The molecular weight excluding hydrogens is 249 g/mol. The Labute approximate surface area is 111 Å². The summed E-state index contributed by atoms with van der Waals surface area (Å²) in [6.45, 7) is 4.10. The fourth-order valence-corrected chi connectivity index (χ4v) is 1.40. The van der Waals surface area contributed by atoms with Crippen LogP contribution in [0, 0.1) is 11.7 Å². The van der Waals surface area contributed by atoms with Gasteiger partial charge in [-0.25, -0.2) is 4.39 Å². The largest absolute Gasteiger partial charge is 0.352 e. The van der Waals surface area contributed by atoms with Crippen LogP contribution in [0.1, 0.15) is 24.2 Å². The Morgan fingerprint density at radius 2 is 2.11 bits per heavy atom. The molecule has 0 spiro atoms. The van der Waals surface area contributed by atoms with E-state index < -0.39 is 11.7 Å². The van der Waals surface area contributed by atoms with E-state index in [1.807, 2.05) is 6.92 Å². The van der Waals surface area contributed by atoms with Gasteiger partial charge in [-0.2, -0.15) is 0 Å². The van der Waals surface area contributed by atoms with E-state index in [9.17, 15) is 14.0 Å². The summed E-state index contributed by atoms with van der Waals surface area (Å²) in [5, 5.41) is 5.03. The third kappa shape index (κ3) is 4.67. The minimum atomic E-state index is -0.581. The van der Waals surface area contributed by atoms with E-state index >= 15 is 0 Å². The van der Waals surface area contributed by atoms with Gasteiger partial charge < -0.3 is 16.4 Å². The molecule has 1 aromatic rings. The predicted octanol–water partition coefficient (Wildman–Crippen LogP) is 1.11. The number of nitrogens with one attached hydrogen (secondary N) is 2. The molecule has 1 unspecified atom stereocenters. The number of benzene rings is 1. The summed E-state index contributed by atoms with van der Waals surface area (Å²) in [6, 6.07) is 3.81. The molecule has 0 aliphatic rings. The number of nitrogens with two attached hydrogens (primary N) is 1. The van der Waals surface area contributed by atoms with E-state index in [1.54, 1.807) is 0 Å².